The van der Waals surface area contributed by atoms with Crippen LogP contribution in [0.1, 0.15) is 5.56 Å². The molecule has 0 aromatic heterocycles. The summed E-state index contributed by atoms with van der Waals surface area (Å²) in [5, 5.41) is 3.16. The molecule has 24 heavy (non-hydrogen) atoms. The van der Waals surface area contributed by atoms with Crippen LogP contribution >= 0.6 is 27.5 Å². The Morgan fingerprint density at radius 2 is 2.08 bits per heavy atom. The fraction of sp³-hybridized carbons (Fsp3) is 0.235. The molecule has 2 aromatic rings. The molecular formula is C17H17BrClFN2O2. The highest BCUT2D eigenvalue weighted by molar-refractivity contribution is 9.10. The Labute approximate surface area is 153 Å². The molecular weight excluding hydrogens is 399 g/mol. The number of benzene rings is 2. The number of carbonyl (C=O) groups is 1. The first kappa shape index (κ1) is 18.7. The topological polar surface area (TPSA) is 41.6 Å². The summed E-state index contributed by atoms with van der Waals surface area (Å²) >= 11 is 9.18. The van der Waals surface area contributed by atoms with E-state index in [1.54, 1.807) is 43.3 Å². The lowest BCUT2D eigenvalue weighted by Crippen LogP contribution is -2.30. The fourth-order valence-electron chi connectivity index (χ4n) is 2.24. The van der Waals surface area contributed by atoms with Crippen LogP contribution in [0, 0.1) is 5.82 Å². The van der Waals surface area contributed by atoms with Gasteiger partial charge >= 0.3 is 0 Å². The summed E-state index contributed by atoms with van der Waals surface area (Å²) in [5.74, 6) is -0.0952. The SMILES string of the molecule is COc1ccc(Cl)cc1CN(C)CC(=O)Nc1ccc(Br)cc1F. The Kier molecular flexibility index (Phi) is 6.60. The first-order chi connectivity index (χ1) is 11.4. The monoisotopic (exact) mass is 414 g/mol. The number of nitrogens with one attached hydrogen (secondary N) is 1. The standard InChI is InChI=1S/C17H17BrClFN2O2/c1-22(9-11-7-13(19)4-6-16(11)24-2)10-17(23)21-15-5-3-12(18)8-14(15)20/h3-8H,9-10H2,1-2H3,(H,21,23). The number of halogens is 3. The van der Waals surface area contributed by atoms with Crippen LogP contribution < -0.4 is 10.1 Å². The van der Waals surface area contributed by atoms with Crippen LogP contribution in [0.3, 0.4) is 0 Å². The first-order valence-corrected chi connectivity index (χ1v) is 8.32. The summed E-state index contributed by atoms with van der Waals surface area (Å²) in [4.78, 5) is 13.9. The predicted molar refractivity (Wildman–Crippen MR) is 97.1 cm³/mol. The summed E-state index contributed by atoms with van der Waals surface area (Å²) in [5.41, 5.74) is 1.02. The van der Waals surface area contributed by atoms with Crippen molar-refractivity contribution in [1.29, 1.82) is 0 Å². The Morgan fingerprint density at radius 3 is 2.75 bits per heavy atom. The Hall–Kier alpha value is -1.63. The van der Waals surface area contributed by atoms with E-state index < -0.39 is 5.82 Å². The van der Waals surface area contributed by atoms with E-state index in [4.69, 9.17) is 16.3 Å². The molecule has 0 saturated carbocycles. The van der Waals surface area contributed by atoms with Crippen molar-refractivity contribution in [2.24, 2.45) is 0 Å². The summed E-state index contributed by atoms with van der Waals surface area (Å²) in [7, 11) is 3.37. The number of amides is 1. The number of hydrogen-bond acceptors (Lipinski definition) is 3. The molecule has 0 bridgehead atoms. The number of carbonyl (C=O) groups excluding carboxylic acids is 1. The number of likely N-dealkylation sites (N-methyl/N-ethyl adjacent to an activating group) is 1. The van der Waals surface area contributed by atoms with E-state index in [9.17, 15) is 9.18 Å². The van der Waals surface area contributed by atoms with Gasteiger partial charge in [-0.3, -0.25) is 9.69 Å². The Morgan fingerprint density at radius 1 is 1.33 bits per heavy atom. The van der Waals surface area contributed by atoms with E-state index >= 15 is 0 Å². The van der Waals surface area contributed by atoms with Crippen molar-refractivity contribution in [2.75, 3.05) is 26.0 Å². The van der Waals surface area contributed by atoms with Crippen molar-refractivity contribution < 1.29 is 13.9 Å². The van der Waals surface area contributed by atoms with Crippen LogP contribution in [0.25, 0.3) is 0 Å². The predicted octanol–water partition coefficient (Wildman–Crippen LogP) is 4.32. The van der Waals surface area contributed by atoms with E-state index in [0.717, 1.165) is 5.56 Å². The molecule has 0 aliphatic carbocycles. The number of ether oxygens (including phenoxy) is 1. The second-order valence-electron chi connectivity index (χ2n) is 5.30. The minimum absolute atomic E-state index is 0.102. The maximum Gasteiger partial charge on any atom is 0.238 e. The van der Waals surface area contributed by atoms with E-state index in [2.05, 4.69) is 21.2 Å². The zero-order valence-electron chi connectivity index (χ0n) is 13.3. The number of rotatable bonds is 6. The van der Waals surface area contributed by atoms with Crippen molar-refractivity contribution in [3.8, 4) is 5.75 Å². The fourth-order valence-corrected chi connectivity index (χ4v) is 2.77. The molecule has 0 atom stereocenters. The average molecular weight is 416 g/mol. The quantitative estimate of drug-likeness (QED) is 0.764. The van der Waals surface area contributed by atoms with Crippen LogP contribution in [0.5, 0.6) is 5.75 Å². The van der Waals surface area contributed by atoms with Crippen molar-refractivity contribution in [3.63, 3.8) is 0 Å². The summed E-state index contributed by atoms with van der Waals surface area (Å²) in [6.45, 7) is 0.575. The van der Waals surface area contributed by atoms with Gasteiger partial charge in [0, 0.05) is 21.6 Å². The summed E-state index contributed by atoms with van der Waals surface area (Å²) in [6, 6.07) is 9.80. The molecule has 1 amide bonds. The van der Waals surface area contributed by atoms with Gasteiger partial charge in [0.2, 0.25) is 5.91 Å². The maximum atomic E-state index is 13.7. The summed E-state index contributed by atoms with van der Waals surface area (Å²) < 4.78 is 19.7. The molecule has 0 aliphatic heterocycles. The van der Waals surface area contributed by atoms with Gasteiger partial charge in [0.15, 0.2) is 0 Å². The van der Waals surface area contributed by atoms with Crippen molar-refractivity contribution >= 4 is 39.1 Å². The van der Waals surface area contributed by atoms with Gasteiger partial charge in [-0.05, 0) is 43.4 Å². The van der Waals surface area contributed by atoms with Gasteiger partial charge in [0.05, 0.1) is 19.3 Å². The third-order valence-electron chi connectivity index (χ3n) is 3.30. The maximum absolute atomic E-state index is 13.7. The molecule has 7 heteroatoms. The van der Waals surface area contributed by atoms with Gasteiger partial charge in [-0.25, -0.2) is 4.39 Å². The van der Waals surface area contributed by atoms with Crippen molar-refractivity contribution in [1.82, 2.24) is 4.90 Å². The lowest BCUT2D eigenvalue weighted by molar-refractivity contribution is -0.117. The minimum atomic E-state index is -0.489. The van der Waals surface area contributed by atoms with Crippen molar-refractivity contribution in [2.45, 2.75) is 6.54 Å². The van der Waals surface area contributed by atoms with E-state index in [-0.39, 0.29) is 18.1 Å². The third kappa shape index (κ3) is 5.19. The third-order valence-corrected chi connectivity index (χ3v) is 4.03. The molecule has 128 valence electrons. The zero-order valence-corrected chi connectivity index (χ0v) is 15.6. The molecule has 0 spiro atoms. The van der Waals surface area contributed by atoms with Gasteiger partial charge < -0.3 is 10.1 Å². The molecule has 0 unspecified atom stereocenters. The van der Waals surface area contributed by atoms with Gasteiger partial charge in [0.1, 0.15) is 11.6 Å². The van der Waals surface area contributed by atoms with E-state index in [1.165, 1.54) is 12.1 Å². The molecule has 0 fully saturated rings. The molecule has 2 rings (SSSR count). The lowest BCUT2D eigenvalue weighted by Gasteiger charge is -2.18. The number of anilines is 1. The first-order valence-electron chi connectivity index (χ1n) is 7.15. The van der Waals surface area contributed by atoms with Crippen LogP contribution in [0.4, 0.5) is 10.1 Å². The van der Waals surface area contributed by atoms with Crippen molar-refractivity contribution in [3.05, 3.63) is 57.3 Å². The molecule has 1 N–H and O–H groups in total. The van der Waals surface area contributed by atoms with E-state index in [1.807, 2.05) is 0 Å². The highest BCUT2D eigenvalue weighted by atomic mass is 79.9. The van der Waals surface area contributed by atoms with Gasteiger partial charge in [-0.2, -0.15) is 0 Å². The highest BCUT2D eigenvalue weighted by Crippen LogP contribution is 2.24. The Bertz CT molecular complexity index is 743. The van der Waals surface area contributed by atoms with Crippen LogP contribution in [-0.2, 0) is 11.3 Å². The molecule has 0 heterocycles. The van der Waals surface area contributed by atoms with Gasteiger partial charge in [0.25, 0.3) is 0 Å². The smallest absolute Gasteiger partial charge is 0.238 e. The lowest BCUT2D eigenvalue weighted by atomic mass is 10.2. The number of nitrogens with zero attached hydrogens (tertiary/aromatic N) is 1. The largest absolute Gasteiger partial charge is 0.496 e. The molecule has 4 nitrogen and oxygen atoms in total. The summed E-state index contributed by atoms with van der Waals surface area (Å²) in [6.07, 6.45) is 0. The average Bonchev–Trinajstić information content (AvgIpc) is 2.50. The zero-order chi connectivity index (χ0) is 17.7. The highest BCUT2D eigenvalue weighted by Gasteiger charge is 2.12. The van der Waals surface area contributed by atoms with Crippen LogP contribution in [-0.4, -0.2) is 31.5 Å². The molecule has 0 saturated heterocycles. The molecule has 0 aliphatic rings. The van der Waals surface area contributed by atoms with Gasteiger partial charge in [-0.1, -0.05) is 27.5 Å². The van der Waals surface area contributed by atoms with Gasteiger partial charge in [-0.15, -0.1) is 0 Å². The molecule has 0 radical (unpaired) electrons. The van der Waals surface area contributed by atoms with E-state index in [0.29, 0.717) is 21.8 Å². The minimum Gasteiger partial charge on any atom is -0.496 e. The molecule has 2 aromatic carbocycles. The van der Waals surface area contributed by atoms with Crippen LogP contribution in [0.2, 0.25) is 5.02 Å². The second-order valence-corrected chi connectivity index (χ2v) is 6.65. The normalized spacial score (nSPS) is 10.8. The Balaban J connectivity index is 1.98. The number of hydrogen-bond donors (Lipinski definition) is 1. The van der Waals surface area contributed by atoms with Crippen LogP contribution in [0.15, 0.2) is 40.9 Å². The number of methoxy groups -OCH3 is 1. The second kappa shape index (κ2) is 8.46.